The molecule has 0 aliphatic heterocycles. The molecule has 2 rings (SSSR count). The van der Waals surface area contributed by atoms with Crippen molar-refractivity contribution in [2.24, 2.45) is 5.92 Å². The second-order valence-corrected chi connectivity index (χ2v) is 6.55. The molecule has 1 aromatic rings. The van der Waals surface area contributed by atoms with Crippen molar-refractivity contribution in [3.8, 4) is 0 Å². The number of nitrogens with zero attached hydrogens (tertiary/aromatic N) is 2. The highest BCUT2D eigenvalue weighted by atomic mass is 32.1. The molecule has 0 bridgehead atoms. The van der Waals surface area contributed by atoms with Crippen molar-refractivity contribution in [3.63, 3.8) is 0 Å². The van der Waals surface area contributed by atoms with Gasteiger partial charge in [0.05, 0.1) is 6.10 Å². The summed E-state index contributed by atoms with van der Waals surface area (Å²) in [6.07, 6.45) is 6.80. The SMILES string of the molecule is CC(C)c1nsc(NCCCC2CCCCC2O)n1. The molecule has 108 valence electrons. The highest BCUT2D eigenvalue weighted by molar-refractivity contribution is 7.09. The van der Waals surface area contributed by atoms with Crippen LogP contribution in [0, 0.1) is 5.92 Å². The summed E-state index contributed by atoms with van der Waals surface area (Å²) in [5.74, 6) is 1.83. The van der Waals surface area contributed by atoms with Crippen LogP contribution in [0.3, 0.4) is 0 Å². The van der Waals surface area contributed by atoms with Crippen LogP contribution in [0.15, 0.2) is 0 Å². The largest absolute Gasteiger partial charge is 0.393 e. The Kier molecular flexibility index (Phi) is 5.58. The van der Waals surface area contributed by atoms with E-state index in [1.54, 1.807) is 0 Å². The fourth-order valence-corrected chi connectivity index (χ4v) is 3.36. The van der Waals surface area contributed by atoms with E-state index < -0.39 is 0 Å². The number of rotatable bonds is 6. The Balaban J connectivity index is 1.65. The lowest BCUT2D eigenvalue weighted by atomic mass is 9.83. The second-order valence-electron chi connectivity index (χ2n) is 5.79. The van der Waals surface area contributed by atoms with Crippen LogP contribution < -0.4 is 5.32 Å². The van der Waals surface area contributed by atoms with Gasteiger partial charge in [0, 0.05) is 24.0 Å². The second kappa shape index (κ2) is 7.20. The lowest BCUT2D eigenvalue weighted by molar-refractivity contribution is 0.0648. The molecule has 2 unspecified atom stereocenters. The van der Waals surface area contributed by atoms with Crippen molar-refractivity contribution in [1.29, 1.82) is 0 Å². The highest BCUT2D eigenvalue weighted by Crippen LogP contribution is 2.28. The van der Waals surface area contributed by atoms with E-state index in [1.165, 1.54) is 30.8 Å². The smallest absolute Gasteiger partial charge is 0.202 e. The maximum atomic E-state index is 9.91. The van der Waals surface area contributed by atoms with Crippen molar-refractivity contribution >= 4 is 16.7 Å². The first-order valence-electron chi connectivity index (χ1n) is 7.42. The van der Waals surface area contributed by atoms with Gasteiger partial charge in [-0.25, -0.2) is 4.98 Å². The molecule has 1 saturated carbocycles. The molecule has 1 aromatic heterocycles. The molecule has 0 saturated heterocycles. The van der Waals surface area contributed by atoms with E-state index in [1.807, 2.05) is 0 Å². The van der Waals surface area contributed by atoms with Crippen molar-refractivity contribution in [2.75, 3.05) is 11.9 Å². The third-order valence-corrected chi connectivity index (χ3v) is 4.54. The van der Waals surface area contributed by atoms with Crippen molar-refractivity contribution in [1.82, 2.24) is 9.36 Å². The van der Waals surface area contributed by atoms with E-state index in [9.17, 15) is 5.11 Å². The first kappa shape index (κ1) is 14.7. The minimum absolute atomic E-state index is 0.0668. The van der Waals surface area contributed by atoms with Gasteiger partial charge >= 0.3 is 0 Å². The third kappa shape index (κ3) is 4.42. The fourth-order valence-electron chi connectivity index (χ4n) is 2.63. The van der Waals surface area contributed by atoms with Crippen molar-refractivity contribution in [2.45, 2.75) is 64.4 Å². The summed E-state index contributed by atoms with van der Waals surface area (Å²) in [7, 11) is 0. The molecule has 1 heterocycles. The van der Waals surface area contributed by atoms with Crippen LogP contribution in [0.25, 0.3) is 0 Å². The normalized spacial score (nSPS) is 23.8. The summed E-state index contributed by atoms with van der Waals surface area (Å²) in [4.78, 5) is 4.46. The van der Waals surface area contributed by atoms with E-state index in [0.29, 0.717) is 11.8 Å². The average molecular weight is 283 g/mol. The Bertz CT molecular complexity index is 381. The molecule has 19 heavy (non-hydrogen) atoms. The average Bonchev–Trinajstić information content (AvgIpc) is 2.85. The quantitative estimate of drug-likeness (QED) is 0.786. The summed E-state index contributed by atoms with van der Waals surface area (Å²) >= 11 is 1.44. The predicted octanol–water partition coefficient (Wildman–Crippen LogP) is 3.40. The molecule has 1 aliphatic carbocycles. The van der Waals surface area contributed by atoms with Gasteiger partial charge < -0.3 is 10.4 Å². The monoisotopic (exact) mass is 283 g/mol. The molecule has 4 nitrogen and oxygen atoms in total. The van der Waals surface area contributed by atoms with Crippen LogP contribution in [-0.2, 0) is 0 Å². The van der Waals surface area contributed by atoms with E-state index >= 15 is 0 Å². The molecule has 0 aromatic carbocycles. The van der Waals surface area contributed by atoms with E-state index in [-0.39, 0.29) is 6.10 Å². The maximum absolute atomic E-state index is 9.91. The molecule has 0 radical (unpaired) electrons. The lowest BCUT2D eigenvalue weighted by Crippen LogP contribution is -2.24. The summed E-state index contributed by atoms with van der Waals surface area (Å²) in [5.41, 5.74) is 0. The minimum atomic E-state index is -0.0668. The van der Waals surface area contributed by atoms with Gasteiger partial charge in [-0.1, -0.05) is 26.7 Å². The number of nitrogens with one attached hydrogen (secondary N) is 1. The molecule has 1 aliphatic rings. The van der Waals surface area contributed by atoms with Crippen molar-refractivity contribution < 1.29 is 5.11 Å². The zero-order valence-corrected chi connectivity index (χ0v) is 12.7. The highest BCUT2D eigenvalue weighted by Gasteiger charge is 2.22. The molecule has 0 amide bonds. The molecule has 5 heteroatoms. The minimum Gasteiger partial charge on any atom is -0.393 e. The van der Waals surface area contributed by atoms with Gasteiger partial charge in [0.15, 0.2) is 0 Å². The van der Waals surface area contributed by atoms with E-state index in [4.69, 9.17) is 0 Å². The van der Waals surface area contributed by atoms with Gasteiger partial charge in [-0.15, -0.1) is 0 Å². The van der Waals surface area contributed by atoms with Gasteiger partial charge in [-0.05, 0) is 31.6 Å². The van der Waals surface area contributed by atoms with Crippen LogP contribution in [0.5, 0.6) is 0 Å². The summed E-state index contributed by atoms with van der Waals surface area (Å²) in [5, 5.41) is 14.2. The first-order valence-corrected chi connectivity index (χ1v) is 8.19. The van der Waals surface area contributed by atoms with Crippen molar-refractivity contribution in [3.05, 3.63) is 5.82 Å². The number of aromatic nitrogens is 2. The van der Waals surface area contributed by atoms with Gasteiger partial charge in [0.25, 0.3) is 0 Å². The van der Waals surface area contributed by atoms with Crippen LogP contribution in [0.1, 0.15) is 64.1 Å². The third-order valence-electron chi connectivity index (χ3n) is 3.86. The first-order chi connectivity index (χ1) is 9.16. The molecule has 1 fully saturated rings. The molecule has 0 spiro atoms. The fraction of sp³-hybridized carbons (Fsp3) is 0.857. The Labute approximate surface area is 119 Å². The standard InChI is InChI=1S/C14H25N3OS/c1-10(2)13-16-14(19-17-13)15-9-5-7-11-6-3-4-8-12(11)18/h10-12,18H,3-9H2,1-2H3,(H,15,16,17). The number of anilines is 1. The number of hydrogen-bond donors (Lipinski definition) is 2. The van der Waals surface area contributed by atoms with Crippen LogP contribution in [-0.4, -0.2) is 27.1 Å². The topological polar surface area (TPSA) is 58.0 Å². The summed E-state index contributed by atoms with van der Waals surface area (Å²) in [6, 6.07) is 0. The van der Waals surface area contributed by atoms with Gasteiger partial charge in [-0.3, -0.25) is 0 Å². The van der Waals surface area contributed by atoms with Gasteiger partial charge in [0.2, 0.25) is 5.13 Å². The molecule has 2 atom stereocenters. The van der Waals surface area contributed by atoms with E-state index in [0.717, 1.165) is 36.8 Å². The van der Waals surface area contributed by atoms with Crippen LogP contribution in [0.4, 0.5) is 5.13 Å². The number of hydrogen-bond acceptors (Lipinski definition) is 5. The summed E-state index contributed by atoms with van der Waals surface area (Å²) < 4.78 is 4.32. The van der Waals surface area contributed by atoms with Crippen LogP contribution in [0.2, 0.25) is 0 Å². The Hall–Kier alpha value is -0.680. The predicted molar refractivity (Wildman–Crippen MR) is 79.7 cm³/mol. The van der Waals surface area contributed by atoms with Crippen LogP contribution >= 0.6 is 11.5 Å². The zero-order valence-electron chi connectivity index (χ0n) is 11.9. The zero-order chi connectivity index (χ0) is 13.7. The molecular formula is C14H25N3OS. The van der Waals surface area contributed by atoms with Gasteiger partial charge in [0.1, 0.15) is 5.82 Å². The Morgan fingerprint density at radius 2 is 2.16 bits per heavy atom. The molecule has 2 N–H and O–H groups in total. The lowest BCUT2D eigenvalue weighted by Gasteiger charge is -2.27. The maximum Gasteiger partial charge on any atom is 0.202 e. The van der Waals surface area contributed by atoms with E-state index in [2.05, 4.69) is 28.5 Å². The number of aliphatic hydroxyl groups is 1. The summed E-state index contributed by atoms with van der Waals surface area (Å²) in [6.45, 7) is 5.14. The number of aliphatic hydroxyl groups excluding tert-OH is 1. The Morgan fingerprint density at radius 1 is 1.37 bits per heavy atom. The Morgan fingerprint density at radius 3 is 2.84 bits per heavy atom. The van der Waals surface area contributed by atoms with Gasteiger partial charge in [-0.2, -0.15) is 4.37 Å². The molecular weight excluding hydrogens is 258 g/mol.